The molecule has 0 aliphatic rings. The number of hydrogen-bond donors (Lipinski definition) is 3. The molecule has 8 heteroatoms. The third-order valence-electron chi connectivity index (χ3n) is 1.62. The van der Waals surface area contributed by atoms with Gasteiger partial charge in [0, 0.05) is 6.54 Å². The second-order valence-electron chi connectivity index (χ2n) is 2.63. The standard InChI is InChI=1S/C6H13N7O/c1-2-13(7)6(14)4-8-3-5-9-11-12-10-5/h8H,2-4,7H2,1H3,(H,9,10,11,12). The number of aromatic nitrogens is 4. The van der Waals surface area contributed by atoms with Crippen LogP contribution in [0.5, 0.6) is 0 Å². The molecule has 0 aliphatic heterocycles. The molecule has 1 rings (SSSR count). The summed E-state index contributed by atoms with van der Waals surface area (Å²) in [7, 11) is 0. The third-order valence-corrected chi connectivity index (χ3v) is 1.62. The van der Waals surface area contributed by atoms with E-state index >= 15 is 0 Å². The number of amides is 1. The second kappa shape index (κ2) is 5.25. The zero-order valence-corrected chi connectivity index (χ0v) is 7.90. The normalized spacial score (nSPS) is 10.1. The van der Waals surface area contributed by atoms with Gasteiger partial charge in [-0.1, -0.05) is 0 Å². The number of hydrogen-bond acceptors (Lipinski definition) is 6. The molecule has 0 bridgehead atoms. The molecule has 1 aromatic rings. The fourth-order valence-corrected chi connectivity index (χ4v) is 0.819. The maximum atomic E-state index is 11.2. The van der Waals surface area contributed by atoms with E-state index in [0.29, 0.717) is 18.9 Å². The number of aromatic amines is 1. The monoisotopic (exact) mass is 199 g/mol. The zero-order valence-electron chi connectivity index (χ0n) is 7.90. The van der Waals surface area contributed by atoms with E-state index in [2.05, 4.69) is 25.9 Å². The predicted molar refractivity (Wildman–Crippen MR) is 47.5 cm³/mol. The molecule has 0 saturated heterocycles. The van der Waals surface area contributed by atoms with Crippen LogP contribution in [0.4, 0.5) is 0 Å². The molecule has 0 saturated carbocycles. The number of hydrazine groups is 1. The van der Waals surface area contributed by atoms with Crippen LogP contribution in [0, 0.1) is 0 Å². The van der Waals surface area contributed by atoms with Gasteiger partial charge in [-0.3, -0.25) is 9.80 Å². The van der Waals surface area contributed by atoms with Crippen molar-refractivity contribution in [3.63, 3.8) is 0 Å². The number of nitrogens with two attached hydrogens (primary N) is 1. The Bertz CT molecular complexity index is 272. The van der Waals surface area contributed by atoms with Gasteiger partial charge in [0.25, 0.3) is 0 Å². The summed E-state index contributed by atoms with van der Waals surface area (Å²) >= 11 is 0. The summed E-state index contributed by atoms with van der Waals surface area (Å²) in [5.74, 6) is 5.79. The molecular weight excluding hydrogens is 186 g/mol. The first-order valence-electron chi connectivity index (χ1n) is 4.22. The summed E-state index contributed by atoms with van der Waals surface area (Å²) in [5, 5.41) is 17.0. The van der Waals surface area contributed by atoms with Gasteiger partial charge in [0.1, 0.15) is 0 Å². The average molecular weight is 199 g/mol. The van der Waals surface area contributed by atoms with Gasteiger partial charge >= 0.3 is 0 Å². The van der Waals surface area contributed by atoms with Crippen LogP contribution in [-0.4, -0.2) is 44.6 Å². The summed E-state index contributed by atoms with van der Waals surface area (Å²) < 4.78 is 0. The van der Waals surface area contributed by atoms with E-state index in [1.54, 1.807) is 6.92 Å². The highest BCUT2D eigenvalue weighted by Crippen LogP contribution is 1.82. The second-order valence-corrected chi connectivity index (χ2v) is 2.63. The number of rotatable bonds is 5. The van der Waals surface area contributed by atoms with E-state index in [-0.39, 0.29) is 12.5 Å². The van der Waals surface area contributed by atoms with Crippen LogP contribution in [0.15, 0.2) is 0 Å². The summed E-state index contributed by atoms with van der Waals surface area (Å²) in [5.41, 5.74) is 0. The van der Waals surface area contributed by atoms with E-state index in [0.717, 1.165) is 5.01 Å². The minimum absolute atomic E-state index is 0.167. The molecule has 0 spiro atoms. The molecule has 0 radical (unpaired) electrons. The van der Waals surface area contributed by atoms with Crippen LogP contribution in [-0.2, 0) is 11.3 Å². The highest BCUT2D eigenvalue weighted by molar-refractivity contribution is 5.77. The Hall–Kier alpha value is -1.54. The third kappa shape index (κ3) is 3.07. The Kier molecular flexibility index (Phi) is 3.95. The lowest BCUT2D eigenvalue weighted by molar-refractivity contribution is -0.130. The average Bonchev–Trinajstić information content (AvgIpc) is 2.69. The zero-order chi connectivity index (χ0) is 10.4. The van der Waals surface area contributed by atoms with Crippen molar-refractivity contribution in [3.05, 3.63) is 5.82 Å². The minimum Gasteiger partial charge on any atom is -0.301 e. The molecule has 1 aromatic heterocycles. The lowest BCUT2D eigenvalue weighted by Gasteiger charge is -2.13. The van der Waals surface area contributed by atoms with E-state index in [1.807, 2.05) is 0 Å². The molecule has 1 heterocycles. The minimum atomic E-state index is -0.167. The molecule has 0 aromatic carbocycles. The Balaban J connectivity index is 2.18. The van der Waals surface area contributed by atoms with Crippen molar-refractivity contribution in [2.24, 2.45) is 5.84 Å². The Morgan fingerprint density at radius 1 is 1.71 bits per heavy atom. The number of nitrogens with zero attached hydrogens (tertiary/aromatic N) is 4. The number of nitrogens with one attached hydrogen (secondary N) is 2. The van der Waals surface area contributed by atoms with Crippen molar-refractivity contribution in [1.29, 1.82) is 0 Å². The fourth-order valence-electron chi connectivity index (χ4n) is 0.819. The smallest absolute Gasteiger partial charge is 0.250 e. The first-order chi connectivity index (χ1) is 6.74. The van der Waals surface area contributed by atoms with Gasteiger partial charge in [0.2, 0.25) is 5.91 Å². The van der Waals surface area contributed by atoms with Gasteiger partial charge in [-0.05, 0) is 17.4 Å². The van der Waals surface area contributed by atoms with Crippen molar-refractivity contribution in [2.75, 3.05) is 13.1 Å². The van der Waals surface area contributed by atoms with Crippen LogP contribution < -0.4 is 11.2 Å². The van der Waals surface area contributed by atoms with Gasteiger partial charge in [-0.15, -0.1) is 5.10 Å². The van der Waals surface area contributed by atoms with Crippen LogP contribution >= 0.6 is 0 Å². The van der Waals surface area contributed by atoms with Gasteiger partial charge in [0.05, 0.1) is 13.1 Å². The van der Waals surface area contributed by atoms with Crippen LogP contribution in [0.3, 0.4) is 0 Å². The number of tetrazole rings is 1. The van der Waals surface area contributed by atoms with E-state index in [1.165, 1.54) is 0 Å². The highest BCUT2D eigenvalue weighted by Gasteiger charge is 2.06. The first-order valence-corrected chi connectivity index (χ1v) is 4.22. The van der Waals surface area contributed by atoms with E-state index in [4.69, 9.17) is 5.84 Å². The van der Waals surface area contributed by atoms with Gasteiger partial charge in [0.15, 0.2) is 5.82 Å². The van der Waals surface area contributed by atoms with Gasteiger partial charge < -0.3 is 5.32 Å². The Morgan fingerprint density at radius 2 is 2.50 bits per heavy atom. The summed E-state index contributed by atoms with van der Waals surface area (Å²) in [6.07, 6.45) is 0. The number of likely N-dealkylation sites (N-methyl/N-ethyl adjacent to an activating group) is 1. The molecule has 4 N–H and O–H groups in total. The SMILES string of the molecule is CCN(N)C(=O)CNCc1nnn[nH]1. The van der Waals surface area contributed by atoms with Crippen LogP contribution in [0.1, 0.15) is 12.7 Å². The maximum Gasteiger partial charge on any atom is 0.250 e. The van der Waals surface area contributed by atoms with Crippen molar-refractivity contribution in [2.45, 2.75) is 13.5 Å². The van der Waals surface area contributed by atoms with Crippen molar-refractivity contribution in [3.8, 4) is 0 Å². The molecular formula is C6H13N7O. The molecule has 0 fully saturated rings. The van der Waals surface area contributed by atoms with Crippen LogP contribution in [0.25, 0.3) is 0 Å². The molecule has 0 atom stereocenters. The number of carbonyl (C=O) groups is 1. The van der Waals surface area contributed by atoms with Crippen molar-refractivity contribution in [1.82, 2.24) is 30.9 Å². The Morgan fingerprint density at radius 3 is 3.07 bits per heavy atom. The maximum absolute atomic E-state index is 11.2. The molecule has 14 heavy (non-hydrogen) atoms. The fraction of sp³-hybridized carbons (Fsp3) is 0.667. The number of carbonyl (C=O) groups excluding carboxylic acids is 1. The molecule has 1 amide bonds. The van der Waals surface area contributed by atoms with Crippen molar-refractivity contribution >= 4 is 5.91 Å². The van der Waals surface area contributed by atoms with Crippen LogP contribution in [0.2, 0.25) is 0 Å². The van der Waals surface area contributed by atoms with E-state index < -0.39 is 0 Å². The lowest BCUT2D eigenvalue weighted by Crippen LogP contribution is -2.42. The number of H-pyrrole nitrogens is 1. The highest BCUT2D eigenvalue weighted by atomic mass is 16.2. The Labute approximate surface area is 80.8 Å². The summed E-state index contributed by atoms with van der Waals surface area (Å²) in [6, 6.07) is 0. The van der Waals surface area contributed by atoms with Gasteiger partial charge in [-0.25, -0.2) is 10.9 Å². The van der Waals surface area contributed by atoms with Gasteiger partial charge in [-0.2, -0.15) is 0 Å². The molecule has 78 valence electrons. The van der Waals surface area contributed by atoms with Crippen molar-refractivity contribution < 1.29 is 4.79 Å². The summed E-state index contributed by atoms with van der Waals surface area (Å²) in [6.45, 7) is 2.88. The quantitative estimate of drug-likeness (QED) is 0.287. The molecule has 0 unspecified atom stereocenters. The largest absolute Gasteiger partial charge is 0.301 e. The summed E-state index contributed by atoms with van der Waals surface area (Å²) in [4.78, 5) is 11.2. The first kappa shape index (κ1) is 10.5. The lowest BCUT2D eigenvalue weighted by atomic mass is 10.5. The molecule has 0 aliphatic carbocycles. The predicted octanol–water partition coefficient (Wildman–Crippen LogP) is -1.99. The molecule has 8 nitrogen and oxygen atoms in total. The topological polar surface area (TPSA) is 113 Å². The van der Waals surface area contributed by atoms with E-state index in [9.17, 15) is 4.79 Å².